The number of methoxy groups -OCH3 is 1. The number of hydrogen-bond acceptors (Lipinski definition) is 2. The Morgan fingerprint density at radius 1 is 1.30 bits per heavy atom. The van der Waals surface area contributed by atoms with Gasteiger partial charge >= 0.3 is 0 Å². The van der Waals surface area contributed by atoms with Gasteiger partial charge in [-0.3, -0.25) is 0 Å². The third kappa shape index (κ3) is 3.95. The summed E-state index contributed by atoms with van der Waals surface area (Å²) in [5.74, 6) is 1.70. The fraction of sp³-hybridized carbons (Fsp3) is 0.647. The van der Waals surface area contributed by atoms with Crippen molar-refractivity contribution in [2.75, 3.05) is 13.7 Å². The molecule has 1 fully saturated rings. The Balaban J connectivity index is 1.86. The monoisotopic (exact) mass is 279 g/mol. The fourth-order valence-corrected chi connectivity index (χ4v) is 2.94. The Kier molecular flexibility index (Phi) is 5.41. The molecule has 0 aromatic heterocycles. The van der Waals surface area contributed by atoms with E-state index in [4.69, 9.17) is 4.74 Å². The molecule has 0 bridgehead atoms. The highest BCUT2D eigenvalue weighted by Gasteiger charge is 2.19. The Morgan fingerprint density at radius 2 is 2.00 bits per heavy atom. The zero-order chi connectivity index (χ0) is 14.5. The van der Waals surface area contributed by atoms with Crippen LogP contribution in [0.3, 0.4) is 0 Å². The summed E-state index contributed by atoms with van der Waals surface area (Å²) in [4.78, 5) is 0. The lowest BCUT2D eigenvalue weighted by atomic mass is 9.83. The average Bonchev–Trinajstić information content (AvgIpc) is 2.47. The first-order valence-electron chi connectivity index (χ1n) is 7.67. The highest BCUT2D eigenvalue weighted by Crippen LogP contribution is 2.28. The molecule has 0 radical (unpaired) electrons. The van der Waals surface area contributed by atoms with E-state index in [0.29, 0.717) is 5.75 Å². The van der Waals surface area contributed by atoms with Gasteiger partial charge in [0.2, 0.25) is 0 Å². The van der Waals surface area contributed by atoms with E-state index in [-0.39, 0.29) is 11.9 Å². The first kappa shape index (κ1) is 15.3. The average molecular weight is 279 g/mol. The van der Waals surface area contributed by atoms with Gasteiger partial charge in [0.1, 0.15) is 0 Å². The number of hydrogen-bond donors (Lipinski definition) is 1. The van der Waals surface area contributed by atoms with Crippen molar-refractivity contribution >= 4 is 0 Å². The van der Waals surface area contributed by atoms with Gasteiger partial charge in [-0.15, -0.1) is 0 Å². The van der Waals surface area contributed by atoms with Crippen LogP contribution in [0.2, 0.25) is 0 Å². The summed E-state index contributed by atoms with van der Waals surface area (Å²) in [6.07, 6.45) is 5.36. The topological polar surface area (TPSA) is 21.3 Å². The van der Waals surface area contributed by atoms with E-state index in [1.165, 1.54) is 38.9 Å². The standard InChI is InChI=1S/C17H26FNO/c1-12-4-6-14(7-5-12)11-19-13(2)15-8-9-16(18)17(10-15)20-3/h8-10,12-14,19H,4-7,11H2,1-3H3. The van der Waals surface area contributed by atoms with Crippen molar-refractivity contribution in [1.82, 2.24) is 5.32 Å². The Labute approximate surface area is 121 Å². The molecule has 0 amide bonds. The number of ether oxygens (including phenoxy) is 1. The van der Waals surface area contributed by atoms with Gasteiger partial charge in [-0.25, -0.2) is 4.39 Å². The summed E-state index contributed by atoms with van der Waals surface area (Å²) in [7, 11) is 1.50. The number of benzene rings is 1. The summed E-state index contributed by atoms with van der Waals surface area (Å²) in [6, 6.07) is 5.33. The number of rotatable bonds is 5. The maximum atomic E-state index is 13.4. The minimum atomic E-state index is -0.301. The SMILES string of the molecule is COc1cc(C(C)NCC2CCC(C)CC2)ccc1F. The van der Waals surface area contributed by atoms with E-state index < -0.39 is 0 Å². The molecular weight excluding hydrogens is 253 g/mol. The summed E-state index contributed by atoms with van der Waals surface area (Å²) in [5, 5.41) is 3.58. The van der Waals surface area contributed by atoms with E-state index in [0.717, 1.165) is 23.9 Å². The van der Waals surface area contributed by atoms with E-state index >= 15 is 0 Å². The second kappa shape index (κ2) is 7.07. The summed E-state index contributed by atoms with van der Waals surface area (Å²) >= 11 is 0. The van der Waals surface area contributed by atoms with Crippen LogP contribution in [0.4, 0.5) is 4.39 Å². The molecule has 0 heterocycles. The molecule has 1 aromatic carbocycles. The van der Waals surface area contributed by atoms with Crippen LogP contribution in [0.5, 0.6) is 5.75 Å². The lowest BCUT2D eigenvalue weighted by Gasteiger charge is -2.27. The lowest BCUT2D eigenvalue weighted by Crippen LogP contribution is -2.28. The van der Waals surface area contributed by atoms with Gasteiger partial charge in [0.05, 0.1) is 7.11 Å². The maximum absolute atomic E-state index is 13.4. The zero-order valence-corrected chi connectivity index (χ0v) is 12.8. The Morgan fingerprint density at radius 3 is 2.65 bits per heavy atom. The molecule has 2 nitrogen and oxygen atoms in total. The molecule has 3 heteroatoms. The van der Waals surface area contributed by atoms with Crippen molar-refractivity contribution in [3.8, 4) is 5.75 Å². The van der Waals surface area contributed by atoms with E-state index in [1.54, 1.807) is 6.07 Å². The van der Waals surface area contributed by atoms with Crippen LogP contribution in [0.1, 0.15) is 51.1 Å². The van der Waals surface area contributed by atoms with E-state index in [9.17, 15) is 4.39 Å². The molecule has 1 aliphatic rings. The van der Waals surface area contributed by atoms with Gasteiger partial charge in [-0.05, 0) is 55.8 Å². The minimum Gasteiger partial charge on any atom is -0.494 e. The van der Waals surface area contributed by atoms with Crippen LogP contribution < -0.4 is 10.1 Å². The quantitative estimate of drug-likeness (QED) is 0.867. The van der Waals surface area contributed by atoms with Crippen LogP contribution in [0, 0.1) is 17.7 Å². The summed E-state index contributed by atoms with van der Waals surface area (Å²) < 4.78 is 18.4. The molecule has 1 saturated carbocycles. The Hall–Kier alpha value is -1.09. The van der Waals surface area contributed by atoms with Crippen molar-refractivity contribution in [2.24, 2.45) is 11.8 Å². The van der Waals surface area contributed by atoms with Crippen molar-refractivity contribution in [2.45, 2.75) is 45.6 Å². The third-order valence-electron chi connectivity index (χ3n) is 4.52. The smallest absolute Gasteiger partial charge is 0.165 e. The van der Waals surface area contributed by atoms with E-state index in [1.807, 2.05) is 6.07 Å². The highest BCUT2D eigenvalue weighted by molar-refractivity contribution is 5.31. The summed E-state index contributed by atoms with van der Waals surface area (Å²) in [6.45, 7) is 5.52. The molecule has 1 aliphatic carbocycles. The molecule has 0 spiro atoms. The van der Waals surface area contributed by atoms with Crippen LogP contribution in [0.25, 0.3) is 0 Å². The maximum Gasteiger partial charge on any atom is 0.165 e. The molecule has 112 valence electrons. The van der Waals surface area contributed by atoms with Crippen LogP contribution in [0.15, 0.2) is 18.2 Å². The van der Waals surface area contributed by atoms with Gasteiger partial charge in [0.15, 0.2) is 11.6 Å². The second-order valence-electron chi connectivity index (χ2n) is 6.15. The molecule has 1 atom stereocenters. The van der Waals surface area contributed by atoms with Crippen LogP contribution in [-0.2, 0) is 0 Å². The molecule has 1 aromatic rings. The predicted molar refractivity (Wildman–Crippen MR) is 80.5 cm³/mol. The van der Waals surface area contributed by atoms with Gasteiger partial charge in [0, 0.05) is 6.04 Å². The fourth-order valence-electron chi connectivity index (χ4n) is 2.94. The van der Waals surface area contributed by atoms with E-state index in [2.05, 4.69) is 19.2 Å². The van der Waals surface area contributed by atoms with Crippen LogP contribution in [-0.4, -0.2) is 13.7 Å². The molecule has 0 saturated heterocycles. The number of halogens is 1. The van der Waals surface area contributed by atoms with Crippen LogP contribution >= 0.6 is 0 Å². The molecule has 0 aliphatic heterocycles. The van der Waals surface area contributed by atoms with Crippen molar-refractivity contribution < 1.29 is 9.13 Å². The van der Waals surface area contributed by atoms with Crippen molar-refractivity contribution in [3.05, 3.63) is 29.6 Å². The Bertz CT molecular complexity index is 427. The normalized spacial score (nSPS) is 24.4. The van der Waals surface area contributed by atoms with Crippen molar-refractivity contribution in [3.63, 3.8) is 0 Å². The minimum absolute atomic E-state index is 0.226. The second-order valence-corrected chi connectivity index (χ2v) is 6.15. The molecule has 1 N–H and O–H groups in total. The van der Waals surface area contributed by atoms with Crippen molar-refractivity contribution in [1.29, 1.82) is 0 Å². The molecule has 1 unspecified atom stereocenters. The predicted octanol–water partition coefficient (Wildman–Crippen LogP) is 4.31. The first-order chi connectivity index (χ1) is 9.60. The van der Waals surface area contributed by atoms with Gasteiger partial charge < -0.3 is 10.1 Å². The third-order valence-corrected chi connectivity index (χ3v) is 4.52. The van der Waals surface area contributed by atoms with Gasteiger partial charge in [-0.1, -0.05) is 25.8 Å². The highest BCUT2D eigenvalue weighted by atomic mass is 19.1. The molecular formula is C17H26FNO. The first-order valence-corrected chi connectivity index (χ1v) is 7.67. The largest absolute Gasteiger partial charge is 0.494 e. The van der Waals surface area contributed by atoms with Gasteiger partial charge in [-0.2, -0.15) is 0 Å². The van der Waals surface area contributed by atoms with Gasteiger partial charge in [0.25, 0.3) is 0 Å². The molecule has 2 rings (SSSR count). The summed E-state index contributed by atoms with van der Waals surface area (Å²) in [5.41, 5.74) is 1.08. The zero-order valence-electron chi connectivity index (χ0n) is 12.8. The molecule has 20 heavy (non-hydrogen) atoms. The lowest BCUT2D eigenvalue weighted by molar-refractivity contribution is 0.276. The number of nitrogens with one attached hydrogen (secondary N) is 1.